The minimum Gasteiger partial charge on any atom is -0.350 e. The monoisotopic (exact) mass is 444 g/mol. The van der Waals surface area contributed by atoms with Crippen molar-refractivity contribution in [3.05, 3.63) is 35.9 Å². The van der Waals surface area contributed by atoms with E-state index in [1.807, 2.05) is 30.3 Å². The van der Waals surface area contributed by atoms with E-state index < -0.39 is 10.0 Å². The molecule has 1 saturated heterocycles. The Kier molecular flexibility index (Phi) is 5.89. The first-order chi connectivity index (χ1) is 14.9. The van der Waals surface area contributed by atoms with E-state index in [0.29, 0.717) is 19.5 Å². The van der Waals surface area contributed by atoms with E-state index in [0.717, 1.165) is 56.3 Å². The molecule has 1 aromatic carbocycles. The van der Waals surface area contributed by atoms with Gasteiger partial charge < -0.3 is 5.32 Å². The number of piperidine rings is 1. The molecule has 0 radical (unpaired) electrons. The zero-order chi connectivity index (χ0) is 21.5. The summed E-state index contributed by atoms with van der Waals surface area (Å²) in [5, 5.41) is 3.47. The Labute approximate surface area is 187 Å². The molecule has 4 bridgehead atoms. The number of benzene rings is 1. The number of rotatable bonds is 7. The highest BCUT2D eigenvalue weighted by atomic mass is 32.2. The Morgan fingerprint density at radius 3 is 2.32 bits per heavy atom. The van der Waals surface area contributed by atoms with Gasteiger partial charge in [-0.1, -0.05) is 30.3 Å². The maximum atomic E-state index is 13.2. The molecule has 5 fully saturated rings. The van der Waals surface area contributed by atoms with Crippen molar-refractivity contribution >= 4 is 15.9 Å². The summed E-state index contributed by atoms with van der Waals surface area (Å²) in [5.41, 5.74) is 1.17. The van der Waals surface area contributed by atoms with Crippen LogP contribution in [0.25, 0.3) is 0 Å². The van der Waals surface area contributed by atoms with Gasteiger partial charge >= 0.3 is 0 Å². The molecule has 5 aliphatic rings. The van der Waals surface area contributed by atoms with Crippen LogP contribution in [0.15, 0.2) is 30.3 Å². The first kappa shape index (κ1) is 21.4. The number of carbonyl (C=O) groups excluding carboxylic acids is 1. The second-order valence-electron chi connectivity index (χ2n) is 10.8. The molecule has 31 heavy (non-hydrogen) atoms. The third kappa shape index (κ3) is 4.70. The lowest BCUT2D eigenvalue weighted by molar-refractivity contribution is -0.131. The minimum atomic E-state index is -3.32. The van der Waals surface area contributed by atoms with Crippen molar-refractivity contribution in [2.24, 2.45) is 23.7 Å². The van der Waals surface area contributed by atoms with Gasteiger partial charge in [-0.15, -0.1) is 0 Å². The van der Waals surface area contributed by atoms with Crippen LogP contribution >= 0.6 is 0 Å². The first-order valence-electron chi connectivity index (χ1n) is 12.2. The smallest absolute Gasteiger partial charge is 0.224 e. The van der Waals surface area contributed by atoms with Crippen molar-refractivity contribution in [3.8, 4) is 0 Å². The summed E-state index contributed by atoms with van der Waals surface area (Å²) in [5.74, 6) is 2.43. The largest absolute Gasteiger partial charge is 0.350 e. The molecular formula is C25H36N2O3S. The van der Waals surface area contributed by atoms with Gasteiger partial charge in [0.1, 0.15) is 0 Å². The Morgan fingerprint density at radius 1 is 1.03 bits per heavy atom. The summed E-state index contributed by atoms with van der Waals surface area (Å²) in [6, 6.07) is 10.0. The van der Waals surface area contributed by atoms with E-state index in [4.69, 9.17) is 0 Å². The van der Waals surface area contributed by atoms with Gasteiger partial charge in [-0.25, -0.2) is 12.7 Å². The highest BCUT2D eigenvalue weighted by molar-refractivity contribution is 7.89. The molecule has 0 spiro atoms. The first-order valence-corrected chi connectivity index (χ1v) is 13.9. The number of carbonyl (C=O) groups is 1. The number of aryl methyl sites for hydroxylation is 1. The second-order valence-corrected chi connectivity index (χ2v) is 12.9. The Balaban J connectivity index is 1.16. The fourth-order valence-corrected chi connectivity index (χ4v) is 8.85. The van der Waals surface area contributed by atoms with Crippen molar-refractivity contribution in [3.63, 3.8) is 0 Å². The summed E-state index contributed by atoms with van der Waals surface area (Å²) in [6.07, 6.45) is 10.4. The topological polar surface area (TPSA) is 66.5 Å². The van der Waals surface area contributed by atoms with Crippen LogP contribution in [0.5, 0.6) is 0 Å². The van der Waals surface area contributed by atoms with Crippen LogP contribution in [0.3, 0.4) is 0 Å². The highest BCUT2D eigenvalue weighted by Gasteiger charge is 2.52. The van der Waals surface area contributed by atoms with Crippen LogP contribution in [0.4, 0.5) is 0 Å². The summed E-state index contributed by atoms with van der Waals surface area (Å²) >= 11 is 0. The van der Waals surface area contributed by atoms with Crippen LogP contribution in [0.1, 0.15) is 63.4 Å². The van der Waals surface area contributed by atoms with E-state index >= 15 is 0 Å². The average molecular weight is 445 g/mol. The fraction of sp³-hybridized carbons (Fsp3) is 0.720. The van der Waals surface area contributed by atoms with Gasteiger partial charge in [0.05, 0.1) is 11.7 Å². The van der Waals surface area contributed by atoms with Crippen molar-refractivity contribution in [1.82, 2.24) is 9.62 Å². The molecule has 1 aromatic rings. The Hall–Kier alpha value is -1.40. The molecule has 1 atom stereocenters. The molecule has 0 unspecified atom stereocenters. The van der Waals surface area contributed by atoms with Crippen LogP contribution in [-0.2, 0) is 21.2 Å². The average Bonchev–Trinajstić information content (AvgIpc) is 2.73. The van der Waals surface area contributed by atoms with Crippen LogP contribution < -0.4 is 5.32 Å². The molecule has 6 rings (SSSR count). The van der Waals surface area contributed by atoms with Crippen LogP contribution in [0, 0.1) is 23.7 Å². The molecule has 4 aliphatic carbocycles. The predicted molar refractivity (Wildman–Crippen MR) is 122 cm³/mol. The summed E-state index contributed by atoms with van der Waals surface area (Å²) in [6.45, 7) is 0.903. The molecule has 1 amide bonds. The van der Waals surface area contributed by atoms with E-state index in [1.54, 1.807) is 4.31 Å². The van der Waals surface area contributed by atoms with E-state index in [1.165, 1.54) is 24.8 Å². The van der Waals surface area contributed by atoms with Crippen LogP contribution in [0.2, 0.25) is 0 Å². The van der Waals surface area contributed by atoms with Gasteiger partial charge in [-0.3, -0.25) is 4.79 Å². The number of hydrogen-bond acceptors (Lipinski definition) is 3. The van der Waals surface area contributed by atoms with Crippen LogP contribution in [-0.4, -0.2) is 43.0 Å². The van der Waals surface area contributed by atoms with Crippen molar-refractivity contribution in [2.45, 2.75) is 69.7 Å². The highest BCUT2D eigenvalue weighted by Crippen LogP contribution is 2.55. The maximum Gasteiger partial charge on any atom is 0.224 e. The zero-order valence-electron chi connectivity index (χ0n) is 18.5. The third-order valence-corrected chi connectivity index (χ3v) is 10.2. The number of nitrogens with one attached hydrogen (secondary N) is 1. The molecule has 6 heteroatoms. The van der Waals surface area contributed by atoms with E-state index in [2.05, 4.69) is 5.32 Å². The quantitative estimate of drug-likeness (QED) is 0.697. The van der Waals surface area contributed by atoms with Gasteiger partial charge in [0.2, 0.25) is 15.9 Å². The molecule has 1 heterocycles. The third-order valence-electron chi connectivity index (χ3n) is 8.29. The fourth-order valence-electron chi connectivity index (χ4n) is 7.27. The molecule has 0 aromatic heterocycles. The SMILES string of the molecule is O=C(NC12CC3CC(CC(C3)C1)C2)[C@@H]1CCCN(S(=O)(=O)CCCc2ccccc2)C1. The minimum absolute atomic E-state index is 0.00265. The lowest BCUT2D eigenvalue weighted by atomic mass is 9.53. The van der Waals surface area contributed by atoms with E-state index in [9.17, 15) is 13.2 Å². The van der Waals surface area contributed by atoms with Gasteiger partial charge in [-0.05, 0) is 87.5 Å². The maximum absolute atomic E-state index is 13.2. The number of hydrogen-bond donors (Lipinski definition) is 1. The van der Waals surface area contributed by atoms with Crippen molar-refractivity contribution in [2.75, 3.05) is 18.8 Å². The normalized spacial score (nSPS) is 35.2. The molecule has 5 nitrogen and oxygen atoms in total. The lowest BCUT2D eigenvalue weighted by Gasteiger charge is -2.57. The van der Waals surface area contributed by atoms with Gasteiger partial charge in [0, 0.05) is 18.6 Å². The number of sulfonamides is 1. The molecule has 1 aliphatic heterocycles. The summed E-state index contributed by atoms with van der Waals surface area (Å²) < 4.78 is 27.5. The van der Waals surface area contributed by atoms with Crippen molar-refractivity contribution < 1.29 is 13.2 Å². The molecule has 4 saturated carbocycles. The van der Waals surface area contributed by atoms with Gasteiger partial charge in [-0.2, -0.15) is 0 Å². The van der Waals surface area contributed by atoms with Gasteiger partial charge in [0.25, 0.3) is 0 Å². The Morgan fingerprint density at radius 2 is 1.68 bits per heavy atom. The predicted octanol–water partition coefficient (Wildman–Crippen LogP) is 3.75. The number of nitrogens with zero attached hydrogens (tertiary/aromatic N) is 1. The molecule has 1 N–H and O–H groups in total. The number of amides is 1. The van der Waals surface area contributed by atoms with E-state index in [-0.39, 0.29) is 23.1 Å². The standard InChI is InChI=1S/C25H36N2O3S/c28-24(26-25-15-20-12-21(16-25)14-22(13-20)17-25)23-9-4-10-27(18-23)31(29,30)11-5-8-19-6-2-1-3-7-19/h1-3,6-7,20-23H,4-5,8-18H2,(H,26,28)/t20?,21?,22?,23-,25?/m1/s1. The van der Waals surface area contributed by atoms with Gasteiger partial charge in [0.15, 0.2) is 0 Å². The zero-order valence-corrected chi connectivity index (χ0v) is 19.3. The summed E-state index contributed by atoms with van der Waals surface area (Å²) in [7, 11) is -3.32. The lowest BCUT2D eigenvalue weighted by Crippen LogP contribution is -2.61. The summed E-state index contributed by atoms with van der Waals surface area (Å²) in [4.78, 5) is 13.2. The molecule has 170 valence electrons. The Bertz CT molecular complexity index is 863. The second kappa shape index (κ2) is 8.51. The van der Waals surface area contributed by atoms with Crippen molar-refractivity contribution in [1.29, 1.82) is 0 Å². The molecular weight excluding hydrogens is 408 g/mol.